The van der Waals surface area contributed by atoms with Gasteiger partial charge < -0.3 is 10.4 Å². The number of halogens is 2. The zero-order chi connectivity index (χ0) is 15.2. The maximum absolute atomic E-state index is 11.9. The summed E-state index contributed by atoms with van der Waals surface area (Å²) < 4.78 is 0. The van der Waals surface area contributed by atoms with Gasteiger partial charge in [-0.3, -0.25) is 4.79 Å². The van der Waals surface area contributed by atoms with Crippen molar-refractivity contribution in [3.63, 3.8) is 0 Å². The average Bonchev–Trinajstić information content (AvgIpc) is 2.50. The Morgan fingerprint density at radius 2 is 1.81 bits per heavy atom. The maximum atomic E-state index is 11.9. The molecular formula is C16H15Cl2NO2. The van der Waals surface area contributed by atoms with E-state index in [4.69, 9.17) is 23.2 Å². The molecule has 1 atom stereocenters. The van der Waals surface area contributed by atoms with E-state index >= 15 is 0 Å². The van der Waals surface area contributed by atoms with Gasteiger partial charge in [0.05, 0.1) is 16.1 Å². The van der Waals surface area contributed by atoms with E-state index < -0.39 is 6.10 Å². The minimum absolute atomic E-state index is 0.242. The largest absolute Gasteiger partial charge is 0.388 e. The van der Waals surface area contributed by atoms with Crippen LogP contribution in [-0.4, -0.2) is 17.6 Å². The third-order valence-corrected chi connectivity index (χ3v) is 3.81. The molecule has 0 aromatic heterocycles. The van der Waals surface area contributed by atoms with Gasteiger partial charge in [0.2, 0.25) is 0 Å². The van der Waals surface area contributed by atoms with Crippen LogP contribution in [0.25, 0.3) is 0 Å². The van der Waals surface area contributed by atoms with Crippen LogP contribution < -0.4 is 5.32 Å². The van der Waals surface area contributed by atoms with Crippen molar-refractivity contribution >= 4 is 29.1 Å². The van der Waals surface area contributed by atoms with E-state index in [2.05, 4.69) is 5.32 Å². The number of carbonyl (C=O) groups excluding carboxylic acids is 1. The molecule has 0 aliphatic heterocycles. The topological polar surface area (TPSA) is 49.3 Å². The standard InChI is InChI=1S/C16H15Cl2NO2/c17-13-7-6-12(10-14(13)18)16(21)19-9-8-15(20)11-4-2-1-3-5-11/h1-7,10,15,20H,8-9H2,(H,19,21). The molecule has 5 heteroatoms. The van der Waals surface area contributed by atoms with Gasteiger partial charge in [-0.05, 0) is 30.2 Å². The molecule has 21 heavy (non-hydrogen) atoms. The van der Waals surface area contributed by atoms with Crippen LogP contribution in [0.15, 0.2) is 48.5 Å². The number of nitrogens with one attached hydrogen (secondary N) is 1. The molecule has 0 aliphatic carbocycles. The second-order valence-electron chi connectivity index (χ2n) is 4.60. The van der Waals surface area contributed by atoms with Crippen molar-refractivity contribution in [1.82, 2.24) is 5.32 Å². The first-order valence-electron chi connectivity index (χ1n) is 6.54. The number of rotatable bonds is 5. The summed E-state index contributed by atoms with van der Waals surface area (Å²) >= 11 is 11.7. The lowest BCUT2D eigenvalue weighted by Crippen LogP contribution is -2.25. The van der Waals surface area contributed by atoms with Gasteiger partial charge >= 0.3 is 0 Å². The van der Waals surface area contributed by atoms with Crippen LogP contribution in [-0.2, 0) is 0 Å². The first-order chi connectivity index (χ1) is 10.1. The van der Waals surface area contributed by atoms with Crippen LogP contribution in [0, 0.1) is 0 Å². The molecule has 2 aromatic carbocycles. The molecule has 0 saturated heterocycles. The van der Waals surface area contributed by atoms with E-state index in [0.29, 0.717) is 28.6 Å². The third kappa shape index (κ3) is 4.46. The zero-order valence-corrected chi connectivity index (χ0v) is 12.7. The molecule has 0 spiro atoms. The van der Waals surface area contributed by atoms with Crippen molar-refractivity contribution in [2.75, 3.05) is 6.54 Å². The summed E-state index contributed by atoms with van der Waals surface area (Å²) in [6.45, 7) is 0.370. The fraction of sp³-hybridized carbons (Fsp3) is 0.188. The van der Waals surface area contributed by atoms with Crippen molar-refractivity contribution in [3.8, 4) is 0 Å². The van der Waals surface area contributed by atoms with Crippen molar-refractivity contribution in [2.24, 2.45) is 0 Å². The Morgan fingerprint density at radius 1 is 1.10 bits per heavy atom. The van der Waals surface area contributed by atoms with Crippen molar-refractivity contribution < 1.29 is 9.90 Å². The average molecular weight is 324 g/mol. The van der Waals surface area contributed by atoms with Gasteiger partial charge in [0.1, 0.15) is 0 Å². The Labute approximate surface area is 133 Å². The first-order valence-corrected chi connectivity index (χ1v) is 7.30. The molecule has 0 radical (unpaired) electrons. The summed E-state index contributed by atoms with van der Waals surface area (Å²) in [5.41, 5.74) is 1.28. The molecular weight excluding hydrogens is 309 g/mol. The molecule has 1 amide bonds. The predicted octanol–water partition coefficient (Wildman–Crippen LogP) is 3.85. The van der Waals surface area contributed by atoms with E-state index in [1.807, 2.05) is 30.3 Å². The molecule has 0 bridgehead atoms. The van der Waals surface area contributed by atoms with E-state index in [-0.39, 0.29) is 5.91 Å². The Balaban J connectivity index is 1.85. The quantitative estimate of drug-likeness (QED) is 0.878. The normalized spacial score (nSPS) is 12.0. The lowest BCUT2D eigenvalue weighted by molar-refractivity contribution is 0.0942. The van der Waals surface area contributed by atoms with Crippen LogP contribution in [0.2, 0.25) is 10.0 Å². The van der Waals surface area contributed by atoms with E-state index in [1.165, 1.54) is 6.07 Å². The van der Waals surface area contributed by atoms with E-state index in [1.54, 1.807) is 12.1 Å². The highest BCUT2D eigenvalue weighted by Crippen LogP contribution is 2.22. The fourth-order valence-electron chi connectivity index (χ4n) is 1.90. The van der Waals surface area contributed by atoms with Crippen molar-refractivity contribution in [3.05, 3.63) is 69.7 Å². The van der Waals surface area contributed by atoms with Crippen LogP contribution in [0.3, 0.4) is 0 Å². The Hall–Kier alpha value is -1.55. The fourth-order valence-corrected chi connectivity index (χ4v) is 2.20. The highest BCUT2D eigenvalue weighted by Gasteiger charge is 2.10. The predicted molar refractivity (Wildman–Crippen MR) is 84.8 cm³/mol. The van der Waals surface area contributed by atoms with Crippen LogP contribution in [0.5, 0.6) is 0 Å². The molecule has 2 aromatic rings. The summed E-state index contributed by atoms with van der Waals surface area (Å²) in [4.78, 5) is 11.9. The number of aliphatic hydroxyl groups excluding tert-OH is 1. The van der Waals surface area contributed by atoms with Gasteiger partial charge in [-0.1, -0.05) is 53.5 Å². The SMILES string of the molecule is O=C(NCCC(O)c1ccccc1)c1ccc(Cl)c(Cl)c1. The number of aliphatic hydroxyl groups is 1. The minimum Gasteiger partial charge on any atom is -0.388 e. The van der Waals surface area contributed by atoms with Crippen molar-refractivity contribution in [1.29, 1.82) is 0 Å². The van der Waals surface area contributed by atoms with Gasteiger partial charge in [-0.25, -0.2) is 0 Å². The molecule has 2 rings (SSSR count). The molecule has 0 aliphatic rings. The second-order valence-corrected chi connectivity index (χ2v) is 5.41. The molecule has 110 valence electrons. The van der Waals surface area contributed by atoms with Crippen LogP contribution in [0.1, 0.15) is 28.4 Å². The van der Waals surface area contributed by atoms with Gasteiger partial charge in [-0.2, -0.15) is 0 Å². The molecule has 2 N–H and O–H groups in total. The van der Waals surface area contributed by atoms with Crippen molar-refractivity contribution in [2.45, 2.75) is 12.5 Å². The summed E-state index contributed by atoms with van der Waals surface area (Å²) in [5, 5.41) is 13.5. The highest BCUT2D eigenvalue weighted by molar-refractivity contribution is 6.42. The minimum atomic E-state index is -0.597. The number of hydrogen-bond acceptors (Lipinski definition) is 2. The Kier molecular flexibility index (Phi) is 5.62. The monoisotopic (exact) mass is 323 g/mol. The third-order valence-electron chi connectivity index (χ3n) is 3.07. The Bertz CT molecular complexity index is 617. The summed E-state index contributed by atoms with van der Waals surface area (Å²) in [6.07, 6.45) is -0.155. The Morgan fingerprint density at radius 3 is 2.48 bits per heavy atom. The van der Waals surface area contributed by atoms with Crippen LogP contribution >= 0.6 is 23.2 Å². The molecule has 1 unspecified atom stereocenters. The molecule has 0 fully saturated rings. The van der Waals surface area contributed by atoms with Gasteiger partial charge in [0.25, 0.3) is 5.91 Å². The number of carbonyl (C=O) groups is 1. The number of hydrogen-bond donors (Lipinski definition) is 2. The zero-order valence-electron chi connectivity index (χ0n) is 11.2. The molecule has 0 heterocycles. The van der Waals surface area contributed by atoms with Gasteiger partial charge in [0.15, 0.2) is 0 Å². The summed E-state index contributed by atoms with van der Waals surface area (Å²) in [5.74, 6) is -0.242. The van der Waals surface area contributed by atoms with Gasteiger partial charge in [0, 0.05) is 12.1 Å². The second kappa shape index (κ2) is 7.46. The number of amides is 1. The van der Waals surface area contributed by atoms with Crippen LogP contribution in [0.4, 0.5) is 0 Å². The smallest absolute Gasteiger partial charge is 0.251 e. The van der Waals surface area contributed by atoms with Gasteiger partial charge in [-0.15, -0.1) is 0 Å². The lowest BCUT2D eigenvalue weighted by Gasteiger charge is -2.11. The summed E-state index contributed by atoms with van der Waals surface area (Å²) in [7, 11) is 0. The highest BCUT2D eigenvalue weighted by atomic mass is 35.5. The summed E-state index contributed by atoms with van der Waals surface area (Å²) in [6, 6.07) is 14.0. The van der Waals surface area contributed by atoms with E-state index in [9.17, 15) is 9.90 Å². The first kappa shape index (κ1) is 15.8. The lowest BCUT2D eigenvalue weighted by atomic mass is 10.1. The maximum Gasteiger partial charge on any atom is 0.251 e. The van der Waals surface area contributed by atoms with E-state index in [0.717, 1.165) is 5.56 Å². The molecule has 3 nitrogen and oxygen atoms in total. The number of benzene rings is 2. The molecule has 0 saturated carbocycles.